The first-order valence-corrected chi connectivity index (χ1v) is 5.67. The molecule has 0 radical (unpaired) electrons. The minimum atomic E-state index is -0.720. The highest BCUT2D eigenvalue weighted by Gasteiger charge is 2.20. The second-order valence-corrected chi connectivity index (χ2v) is 4.34. The summed E-state index contributed by atoms with van der Waals surface area (Å²) in [6, 6.07) is 3.99. The Morgan fingerprint density at radius 1 is 1.56 bits per heavy atom. The number of H-pyrrole nitrogens is 1. The number of aromatic amines is 1. The van der Waals surface area contributed by atoms with Crippen molar-refractivity contribution in [3.63, 3.8) is 0 Å². The van der Waals surface area contributed by atoms with E-state index >= 15 is 0 Å². The molecule has 0 fully saturated rings. The number of aliphatic carboxylic acids is 1. The van der Waals surface area contributed by atoms with Crippen molar-refractivity contribution in [2.45, 2.75) is 20.3 Å². The van der Waals surface area contributed by atoms with Crippen LogP contribution in [0.5, 0.6) is 0 Å². The molecule has 0 aromatic carbocycles. The number of carboxylic acids is 1. The van der Waals surface area contributed by atoms with E-state index in [-0.39, 0.29) is 11.8 Å². The molecule has 90 valence electrons. The fourth-order valence-electron chi connectivity index (χ4n) is 1.61. The first kappa shape index (κ1) is 12.8. The molecule has 3 N–H and O–H groups in total. The van der Waals surface area contributed by atoms with Gasteiger partial charge in [0.15, 0.2) is 0 Å². The molecule has 1 unspecified atom stereocenters. The zero-order valence-corrected chi connectivity index (χ0v) is 9.86. The minimum absolute atomic E-state index is 0.162. The third-order valence-electron chi connectivity index (χ3n) is 2.72. The molecule has 0 amide bonds. The molecule has 1 aromatic heterocycles. The molecule has 16 heavy (non-hydrogen) atoms. The lowest BCUT2D eigenvalue weighted by atomic mass is 9.96. The molecule has 4 heteroatoms. The summed E-state index contributed by atoms with van der Waals surface area (Å²) in [7, 11) is 0. The van der Waals surface area contributed by atoms with Gasteiger partial charge >= 0.3 is 5.97 Å². The molecular formula is C12H20N2O2. The first-order valence-electron chi connectivity index (χ1n) is 5.67. The maximum atomic E-state index is 10.9. The van der Waals surface area contributed by atoms with Crippen LogP contribution in [0.25, 0.3) is 0 Å². The normalized spacial score (nSPS) is 12.9. The maximum absolute atomic E-state index is 10.9. The van der Waals surface area contributed by atoms with Crippen molar-refractivity contribution in [3.8, 4) is 0 Å². The van der Waals surface area contributed by atoms with E-state index in [1.807, 2.05) is 32.2 Å². The fourth-order valence-corrected chi connectivity index (χ4v) is 1.61. The van der Waals surface area contributed by atoms with Crippen LogP contribution in [-0.4, -0.2) is 29.1 Å². The van der Waals surface area contributed by atoms with Gasteiger partial charge in [-0.25, -0.2) is 0 Å². The van der Waals surface area contributed by atoms with E-state index in [0.717, 1.165) is 13.0 Å². The van der Waals surface area contributed by atoms with Gasteiger partial charge in [0.1, 0.15) is 0 Å². The van der Waals surface area contributed by atoms with E-state index in [4.69, 9.17) is 5.11 Å². The number of hydrogen-bond acceptors (Lipinski definition) is 2. The molecule has 0 aliphatic rings. The lowest BCUT2D eigenvalue weighted by molar-refractivity contribution is -0.143. The van der Waals surface area contributed by atoms with Crippen molar-refractivity contribution >= 4 is 5.97 Å². The Balaban J connectivity index is 2.21. The van der Waals surface area contributed by atoms with Crippen LogP contribution in [0.2, 0.25) is 0 Å². The second-order valence-electron chi connectivity index (χ2n) is 4.34. The quantitative estimate of drug-likeness (QED) is 0.615. The molecule has 4 nitrogen and oxygen atoms in total. The van der Waals surface area contributed by atoms with Crippen molar-refractivity contribution in [2.24, 2.45) is 11.8 Å². The van der Waals surface area contributed by atoms with Gasteiger partial charge in [-0.2, -0.15) is 0 Å². The fraction of sp³-hybridized carbons (Fsp3) is 0.583. The van der Waals surface area contributed by atoms with Crippen LogP contribution in [0.3, 0.4) is 0 Å². The summed E-state index contributed by atoms with van der Waals surface area (Å²) in [5.41, 5.74) is 1.17. The average molecular weight is 224 g/mol. The number of nitrogens with one attached hydrogen (secondary N) is 2. The summed E-state index contributed by atoms with van der Waals surface area (Å²) in [6.45, 7) is 5.21. The molecule has 1 rings (SSSR count). The zero-order chi connectivity index (χ0) is 12.0. The SMILES string of the molecule is CC(C)C(CNCCc1ccc[nH]1)C(=O)O. The Bertz CT molecular complexity index is 307. The molecule has 1 aromatic rings. The van der Waals surface area contributed by atoms with E-state index < -0.39 is 5.97 Å². The highest BCUT2D eigenvalue weighted by atomic mass is 16.4. The summed E-state index contributed by atoms with van der Waals surface area (Å²) in [4.78, 5) is 14.0. The third-order valence-corrected chi connectivity index (χ3v) is 2.72. The Morgan fingerprint density at radius 3 is 2.81 bits per heavy atom. The van der Waals surface area contributed by atoms with Gasteiger partial charge < -0.3 is 15.4 Å². The lowest BCUT2D eigenvalue weighted by Crippen LogP contribution is -2.33. The summed E-state index contributed by atoms with van der Waals surface area (Å²) in [6.07, 6.45) is 2.79. The molecule has 1 heterocycles. The average Bonchev–Trinajstić information content (AvgIpc) is 2.68. The van der Waals surface area contributed by atoms with Gasteiger partial charge in [-0.15, -0.1) is 0 Å². The first-order chi connectivity index (χ1) is 7.61. The summed E-state index contributed by atoms with van der Waals surface area (Å²) in [5, 5.41) is 12.2. The third kappa shape index (κ3) is 4.06. The molecule has 0 saturated carbocycles. The number of rotatable bonds is 7. The molecule has 0 bridgehead atoms. The predicted octanol–water partition coefficient (Wildman–Crippen LogP) is 1.50. The molecule has 0 aliphatic carbocycles. The standard InChI is InChI=1S/C12H20N2O2/c1-9(2)11(12(15)16)8-13-7-5-10-4-3-6-14-10/h3-4,6,9,11,13-14H,5,7-8H2,1-2H3,(H,15,16). The number of aromatic nitrogens is 1. The topological polar surface area (TPSA) is 65.1 Å². The highest BCUT2D eigenvalue weighted by Crippen LogP contribution is 2.09. The predicted molar refractivity (Wildman–Crippen MR) is 63.3 cm³/mol. The number of hydrogen-bond donors (Lipinski definition) is 3. The van der Waals surface area contributed by atoms with Crippen LogP contribution < -0.4 is 5.32 Å². The second kappa shape index (κ2) is 6.33. The van der Waals surface area contributed by atoms with Gasteiger partial charge in [0.2, 0.25) is 0 Å². The van der Waals surface area contributed by atoms with Crippen molar-refractivity contribution < 1.29 is 9.90 Å². The van der Waals surface area contributed by atoms with Crippen LogP contribution in [0.1, 0.15) is 19.5 Å². The van der Waals surface area contributed by atoms with E-state index in [1.54, 1.807) is 0 Å². The molecular weight excluding hydrogens is 204 g/mol. The zero-order valence-electron chi connectivity index (χ0n) is 9.86. The van der Waals surface area contributed by atoms with E-state index in [9.17, 15) is 4.79 Å². The summed E-state index contributed by atoms with van der Waals surface area (Å²) in [5.74, 6) is -0.860. The van der Waals surface area contributed by atoms with Crippen molar-refractivity contribution in [1.82, 2.24) is 10.3 Å². The Hall–Kier alpha value is -1.29. The molecule has 0 aliphatic heterocycles. The van der Waals surface area contributed by atoms with Crippen molar-refractivity contribution in [3.05, 3.63) is 24.0 Å². The van der Waals surface area contributed by atoms with Crippen molar-refractivity contribution in [2.75, 3.05) is 13.1 Å². The van der Waals surface area contributed by atoms with Crippen LogP contribution >= 0.6 is 0 Å². The van der Waals surface area contributed by atoms with Crippen LogP contribution in [-0.2, 0) is 11.2 Å². The Kier molecular flexibility index (Phi) is 5.05. The largest absolute Gasteiger partial charge is 0.481 e. The van der Waals surface area contributed by atoms with Gasteiger partial charge in [0, 0.05) is 25.0 Å². The van der Waals surface area contributed by atoms with E-state index in [2.05, 4.69) is 10.3 Å². The Labute approximate surface area is 96.1 Å². The van der Waals surface area contributed by atoms with Gasteiger partial charge in [0.25, 0.3) is 0 Å². The monoisotopic (exact) mass is 224 g/mol. The molecule has 0 saturated heterocycles. The lowest BCUT2D eigenvalue weighted by Gasteiger charge is -2.16. The highest BCUT2D eigenvalue weighted by molar-refractivity contribution is 5.70. The van der Waals surface area contributed by atoms with Gasteiger partial charge in [-0.05, 0) is 24.5 Å². The van der Waals surface area contributed by atoms with Crippen molar-refractivity contribution in [1.29, 1.82) is 0 Å². The van der Waals surface area contributed by atoms with Crippen LogP contribution in [0.15, 0.2) is 18.3 Å². The van der Waals surface area contributed by atoms with Gasteiger partial charge in [-0.3, -0.25) is 4.79 Å². The van der Waals surface area contributed by atoms with Gasteiger partial charge in [-0.1, -0.05) is 13.8 Å². The van der Waals surface area contributed by atoms with Crippen LogP contribution in [0, 0.1) is 11.8 Å². The summed E-state index contributed by atoms with van der Waals surface area (Å²) < 4.78 is 0. The summed E-state index contributed by atoms with van der Waals surface area (Å²) >= 11 is 0. The number of carbonyl (C=O) groups is 1. The maximum Gasteiger partial charge on any atom is 0.308 e. The van der Waals surface area contributed by atoms with E-state index in [0.29, 0.717) is 6.54 Å². The number of carboxylic acid groups (broad SMARTS) is 1. The smallest absolute Gasteiger partial charge is 0.308 e. The minimum Gasteiger partial charge on any atom is -0.481 e. The Morgan fingerprint density at radius 2 is 2.31 bits per heavy atom. The molecule has 0 spiro atoms. The molecule has 1 atom stereocenters. The van der Waals surface area contributed by atoms with Gasteiger partial charge in [0.05, 0.1) is 5.92 Å². The van der Waals surface area contributed by atoms with E-state index in [1.165, 1.54) is 5.69 Å². The van der Waals surface area contributed by atoms with Crippen LogP contribution in [0.4, 0.5) is 0 Å².